The molecule has 0 atom stereocenters. The maximum absolute atomic E-state index is 13.4. The number of hydrogen-bond donors (Lipinski definition) is 0. The van der Waals surface area contributed by atoms with Crippen molar-refractivity contribution in [3.63, 3.8) is 0 Å². The summed E-state index contributed by atoms with van der Waals surface area (Å²) in [5.74, 6) is -1.37. The molecule has 0 amide bonds. The average Bonchev–Trinajstić information content (AvgIpc) is 2.80. The number of ether oxygens (including phenoxy) is 1. The molecule has 1 aromatic carbocycles. The summed E-state index contributed by atoms with van der Waals surface area (Å²) in [5, 5.41) is 0. The van der Waals surface area contributed by atoms with Crippen molar-refractivity contribution in [2.24, 2.45) is 0 Å². The third kappa shape index (κ3) is 3.17. The Labute approximate surface area is 113 Å². The molecule has 1 heterocycles. The van der Waals surface area contributed by atoms with Crippen LogP contribution in [-0.4, -0.2) is 6.29 Å². The van der Waals surface area contributed by atoms with Gasteiger partial charge in [0, 0.05) is 16.5 Å². The van der Waals surface area contributed by atoms with E-state index in [0.717, 1.165) is 35.3 Å². The van der Waals surface area contributed by atoms with Crippen molar-refractivity contribution in [3.8, 4) is 5.75 Å². The third-order valence-corrected chi connectivity index (χ3v) is 3.88. The summed E-state index contributed by atoms with van der Waals surface area (Å²) in [5.41, 5.74) is 0.860. The van der Waals surface area contributed by atoms with Crippen molar-refractivity contribution in [1.29, 1.82) is 0 Å². The van der Waals surface area contributed by atoms with Gasteiger partial charge in [-0.05, 0) is 24.6 Å². The Morgan fingerprint density at radius 3 is 2.74 bits per heavy atom. The zero-order valence-corrected chi connectivity index (χ0v) is 11.1. The van der Waals surface area contributed by atoms with E-state index in [4.69, 9.17) is 4.74 Å². The van der Waals surface area contributed by atoms with Crippen molar-refractivity contribution in [2.75, 3.05) is 0 Å². The van der Waals surface area contributed by atoms with Crippen molar-refractivity contribution in [2.45, 2.75) is 20.0 Å². The van der Waals surface area contributed by atoms with Crippen LogP contribution in [0.15, 0.2) is 24.3 Å². The van der Waals surface area contributed by atoms with Gasteiger partial charge < -0.3 is 4.74 Å². The van der Waals surface area contributed by atoms with E-state index in [1.54, 1.807) is 6.07 Å². The molecule has 0 bridgehead atoms. The van der Waals surface area contributed by atoms with Crippen LogP contribution in [0.4, 0.5) is 8.78 Å². The maximum atomic E-state index is 13.4. The second-order valence-corrected chi connectivity index (χ2v) is 5.10. The van der Waals surface area contributed by atoms with Gasteiger partial charge in [0.15, 0.2) is 17.9 Å². The van der Waals surface area contributed by atoms with Crippen LogP contribution >= 0.6 is 11.3 Å². The van der Waals surface area contributed by atoms with Gasteiger partial charge in [0.25, 0.3) is 0 Å². The standard InChI is InChI=1S/C14H12F2O2S/c1-2-14-9(5-11(7-17)19-14)8-18-13-4-3-10(15)6-12(13)16/h3-7H,2,8H2,1H3. The van der Waals surface area contributed by atoms with Crippen molar-refractivity contribution < 1.29 is 18.3 Å². The van der Waals surface area contributed by atoms with Crippen LogP contribution < -0.4 is 4.74 Å². The van der Waals surface area contributed by atoms with Gasteiger partial charge in [-0.25, -0.2) is 8.78 Å². The van der Waals surface area contributed by atoms with E-state index in [9.17, 15) is 13.6 Å². The van der Waals surface area contributed by atoms with Crippen molar-refractivity contribution >= 4 is 17.6 Å². The molecule has 0 fully saturated rings. The van der Waals surface area contributed by atoms with E-state index >= 15 is 0 Å². The lowest BCUT2D eigenvalue weighted by Gasteiger charge is -2.07. The largest absolute Gasteiger partial charge is 0.486 e. The molecule has 0 spiro atoms. The van der Waals surface area contributed by atoms with Crippen molar-refractivity contribution in [3.05, 3.63) is 51.2 Å². The van der Waals surface area contributed by atoms with Crippen LogP contribution in [0.3, 0.4) is 0 Å². The molecule has 0 radical (unpaired) electrons. The molecule has 2 nitrogen and oxygen atoms in total. The van der Waals surface area contributed by atoms with E-state index in [1.807, 2.05) is 6.92 Å². The third-order valence-electron chi connectivity index (χ3n) is 2.63. The van der Waals surface area contributed by atoms with E-state index in [-0.39, 0.29) is 12.4 Å². The second kappa shape index (κ2) is 5.93. The van der Waals surface area contributed by atoms with Gasteiger partial charge in [-0.2, -0.15) is 0 Å². The fraction of sp³-hybridized carbons (Fsp3) is 0.214. The minimum Gasteiger partial charge on any atom is -0.486 e. The first-order valence-corrected chi connectivity index (χ1v) is 6.60. The Bertz CT molecular complexity index is 593. The fourth-order valence-corrected chi connectivity index (χ4v) is 2.64. The highest BCUT2D eigenvalue weighted by atomic mass is 32.1. The number of carbonyl (C=O) groups excluding carboxylic acids is 1. The van der Waals surface area contributed by atoms with E-state index < -0.39 is 11.6 Å². The molecule has 100 valence electrons. The molecule has 0 aliphatic carbocycles. The monoisotopic (exact) mass is 282 g/mol. The number of thiophene rings is 1. The van der Waals surface area contributed by atoms with Gasteiger partial charge in [0.05, 0.1) is 4.88 Å². The first kappa shape index (κ1) is 13.7. The van der Waals surface area contributed by atoms with Gasteiger partial charge in [-0.15, -0.1) is 11.3 Å². The number of aldehydes is 1. The second-order valence-electron chi connectivity index (χ2n) is 3.93. The van der Waals surface area contributed by atoms with E-state index in [1.165, 1.54) is 17.4 Å². The predicted molar refractivity (Wildman–Crippen MR) is 69.8 cm³/mol. The smallest absolute Gasteiger partial charge is 0.167 e. The van der Waals surface area contributed by atoms with Gasteiger partial charge in [-0.1, -0.05) is 6.92 Å². The number of rotatable bonds is 5. The van der Waals surface area contributed by atoms with Crippen LogP contribution in [0.2, 0.25) is 0 Å². The topological polar surface area (TPSA) is 26.3 Å². The summed E-state index contributed by atoms with van der Waals surface area (Å²) in [4.78, 5) is 12.4. The van der Waals surface area contributed by atoms with Crippen LogP contribution in [0.25, 0.3) is 0 Å². The number of benzene rings is 1. The van der Waals surface area contributed by atoms with Crippen molar-refractivity contribution in [1.82, 2.24) is 0 Å². The molecular weight excluding hydrogens is 270 g/mol. The molecule has 2 rings (SSSR count). The predicted octanol–water partition coefficient (Wildman–Crippen LogP) is 3.98. The van der Waals surface area contributed by atoms with E-state index in [0.29, 0.717) is 4.88 Å². The zero-order chi connectivity index (χ0) is 13.8. The minimum absolute atomic E-state index is 0.00214. The Morgan fingerprint density at radius 1 is 1.32 bits per heavy atom. The van der Waals surface area contributed by atoms with Crippen LogP contribution in [0.1, 0.15) is 27.0 Å². The van der Waals surface area contributed by atoms with Crippen LogP contribution in [0, 0.1) is 11.6 Å². The summed E-state index contributed by atoms with van der Waals surface area (Å²) in [6, 6.07) is 4.91. The Kier molecular flexibility index (Phi) is 4.27. The Hall–Kier alpha value is -1.75. The van der Waals surface area contributed by atoms with Gasteiger partial charge in [0.2, 0.25) is 0 Å². The Morgan fingerprint density at radius 2 is 2.11 bits per heavy atom. The normalized spacial score (nSPS) is 10.5. The molecule has 5 heteroatoms. The zero-order valence-electron chi connectivity index (χ0n) is 10.3. The lowest BCUT2D eigenvalue weighted by molar-refractivity contribution is 0.112. The highest BCUT2D eigenvalue weighted by molar-refractivity contribution is 7.13. The number of hydrogen-bond acceptors (Lipinski definition) is 3. The molecular formula is C14H12F2O2S. The molecule has 0 saturated heterocycles. The van der Waals surface area contributed by atoms with Crippen LogP contribution in [-0.2, 0) is 13.0 Å². The highest BCUT2D eigenvalue weighted by Gasteiger charge is 2.10. The Balaban J connectivity index is 2.13. The molecule has 0 N–H and O–H groups in total. The molecule has 0 aliphatic heterocycles. The lowest BCUT2D eigenvalue weighted by Crippen LogP contribution is -1.98. The molecule has 19 heavy (non-hydrogen) atoms. The number of halogens is 2. The van der Waals surface area contributed by atoms with Gasteiger partial charge >= 0.3 is 0 Å². The lowest BCUT2D eigenvalue weighted by atomic mass is 10.2. The van der Waals surface area contributed by atoms with Gasteiger partial charge in [0.1, 0.15) is 12.4 Å². The quantitative estimate of drug-likeness (QED) is 0.775. The molecule has 2 aromatic rings. The summed E-state index contributed by atoms with van der Waals surface area (Å²) in [7, 11) is 0. The highest BCUT2D eigenvalue weighted by Crippen LogP contribution is 2.25. The van der Waals surface area contributed by atoms with E-state index in [2.05, 4.69) is 0 Å². The summed E-state index contributed by atoms with van der Waals surface area (Å²) < 4.78 is 31.5. The molecule has 0 aliphatic rings. The average molecular weight is 282 g/mol. The summed E-state index contributed by atoms with van der Waals surface area (Å²) >= 11 is 1.40. The molecule has 1 aromatic heterocycles. The molecule has 0 unspecified atom stereocenters. The maximum Gasteiger partial charge on any atom is 0.167 e. The summed E-state index contributed by atoms with van der Waals surface area (Å²) in [6.07, 6.45) is 1.56. The number of carbonyl (C=O) groups is 1. The number of aryl methyl sites for hydroxylation is 1. The van der Waals surface area contributed by atoms with Crippen LogP contribution in [0.5, 0.6) is 5.75 Å². The minimum atomic E-state index is -0.733. The first-order chi connectivity index (χ1) is 9.13. The fourth-order valence-electron chi connectivity index (χ4n) is 1.72. The van der Waals surface area contributed by atoms with Gasteiger partial charge in [-0.3, -0.25) is 4.79 Å². The SMILES string of the molecule is CCc1sc(C=O)cc1COc1ccc(F)cc1F. The first-order valence-electron chi connectivity index (χ1n) is 5.78. The summed E-state index contributed by atoms with van der Waals surface area (Å²) in [6.45, 7) is 2.14. The molecule has 0 saturated carbocycles.